The van der Waals surface area contributed by atoms with Crippen LogP contribution >= 0.6 is 0 Å². The van der Waals surface area contributed by atoms with E-state index in [4.69, 9.17) is 0 Å². The van der Waals surface area contributed by atoms with E-state index in [1.165, 1.54) is 28.1 Å². The third kappa shape index (κ3) is 6.58. The fourth-order valence-electron chi connectivity index (χ4n) is 6.06. The zero-order valence-electron chi connectivity index (χ0n) is 26.4. The van der Waals surface area contributed by atoms with Crippen LogP contribution in [-0.4, -0.2) is 88.2 Å². The van der Waals surface area contributed by atoms with E-state index in [0.717, 1.165) is 16.8 Å². The summed E-state index contributed by atoms with van der Waals surface area (Å²) in [4.78, 5) is 46.8. The molecular weight excluding hydrogens is 575 g/mol. The monoisotopic (exact) mass is 616 g/mol. The number of nitrogens with zero attached hydrogens (tertiary/aromatic N) is 5. The first-order valence-electron chi connectivity index (χ1n) is 15.2. The molecule has 11 heteroatoms. The largest absolute Gasteiger partial charge is 0.508 e. The molecule has 0 radical (unpaired) electrons. The number of likely N-dealkylation sites (N-methyl/N-ethyl adjacent to an activating group) is 1. The van der Waals surface area contributed by atoms with Gasteiger partial charge in [-0.3, -0.25) is 9.59 Å². The molecule has 2 N–H and O–H groups in total. The maximum atomic E-state index is 15.4. The van der Waals surface area contributed by atoms with Gasteiger partial charge in [-0.05, 0) is 62.2 Å². The molecule has 45 heavy (non-hydrogen) atoms. The summed E-state index contributed by atoms with van der Waals surface area (Å²) >= 11 is 0. The second-order valence-corrected chi connectivity index (χ2v) is 12.0. The van der Waals surface area contributed by atoms with Gasteiger partial charge in [0.1, 0.15) is 23.8 Å². The average molecular weight is 617 g/mol. The van der Waals surface area contributed by atoms with Gasteiger partial charge in [-0.1, -0.05) is 42.5 Å². The lowest BCUT2D eigenvalue weighted by atomic mass is 9.96. The van der Waals surface area contributed by atoms with E-state index in [2.05, 4.69) is 5.32 Å². The Kier molecular flexibility index (Phi) is 9.29. The number of fused-ring (bicyclic) bond motifs is 1. The molecule has 10 nitrogen and oxygen atoms in total. The highest BCUT2D eigenvalue weighted by Gasteiger charge is 2.51. The molecule has 0 aliphatic carbocycles. The zero-order valence-corrected chi connectivity index (χ0v) is 26.4. The van der Waals surface area contributed by atoms with Crippen LogP contribution in [0.25, 0.3) is 0 Å². The number of rotatable bonds is 8. The van der Waals surface area contributed by atoms with Crippen molar-refractivity contribution in [3.8, 4) is 5.75 Å². The molecule has 0 unspecified atom stereocenters. The van der Waals surface area contributed by atoms with Gasteiger partial charge < -0.3 is 25.1 Å². The van der Waals surface area contributed by atoms with Crippen LogP contribution in [0.5, 0.6) is 5.75 Å². The molecule has 0 bridgehead atoms. The SMILES string of the molecule is CC(C)N(C)c1ccc(F)c([C@@H](C)N2C[C@H]3N(C(=O)CN(C)N3C(=O)NCc3ccccc3)[C@@H](Cc3ccc(O)cc3)C2=O)c1. The lowest BCUT2D eigenvalue weighted by Crippen LogP contribution is -2.76. The third-order valence-electron chi connectivity index (χ3n) is 8.83. The molecule has 2 aliphatic rings. The first kappa shape index (κ1) is 31.8. The number of urea groups is 1. The predicted molar refractivity (Wildman–Crippen MR) is 169 cm³/mol. The van der Waals surface area contributed by atoms with Gasteiger partial charge in [-0.2, -0.15) is 0 Å². The van der Waals surface area contributed by atoms with E-state index in [9.17, 15) is 19.5 Å². The fourth-order valence-corrected chi connectivity index (χ4v) is 6.06. The van der Waals surface area contributed by atoms with E-state index in [0.29, 0.717) is 5.56 Å². The maximum Gasteiger partial charge on any atom is 0.334 e. The number of hydrogen-bond acceptors (Lipinski definition) is 6. The predicted octanol–water partition coefficient (Wildman–Crippen LogP) is 4.12. The maximum absolute atomic E-state index is 15.4. The lowest BCUT2D eigenvalue weighted by molar-refractivity contribution is -0.189. The van der Waals surface area contributed by atoms with Gasteiger partial charge in [0.05, 0.1) is 19.1 Å². The number of hydrogen-bond donors (Lipinski definition) is 2. The minimum Gasteiger partial charge on any atom is -0.508 e. The number of aromatic hydroxyl groups is 1. The molecule has 3 aromatic carbocycles. The number of carbonyl (C=O) groups excluding carboxylic acids is 3. The molecule has 3 aromatic rings. The Morgan fingerprint density at radius 3 is 2.38 bits per heavy atom. The number of phenolic OH excluding ortho intramolecular Hbond substituents is 1. The minimum absolute atomic E-state index is 0.00932. The molecule has 2 aliphatic heterocycles. The Hall–Kier alpha value is -4.64. The van der Waals surface area contributed by atoms with Gasteiger partial charge in [0, 0.05) is 44.4 Å². The number of carbonyl (C=O) groups is 3. The lowest BCUT2D eigenvalue weighted by Gasteiger charge is -2.55. The molecule has 2 heterocycles. The molecule has 3 atom stereocenters. The second kappa shape index (κ2) is 13.2. The molecular formula is C34H41FN6O4. The highest BCUT2D eigenvalue weighted by molar-refractivity contribution is 5.92. The Bertz CT molecular complexity index is 1540. The van der Waals surface area contributed by atoms with Crippen LogP contribution in [0, 0.1) is 5.82 Å². The summed E-state index contributed by atoms with van der Waals surface area (Å²) in [5.74, 6) is -0.981. The summed E-state index contributed by atoms with van der Waals surface area (Å²) in [6.45, 7) is 6.03. The first-order valence-corrected chi connectivity index (χ1v) is 15.2. The van der Waals surface area contributed by atoms with Crippen LogP contribution in [-0.2, 0) is 22.6 Å². The average Bonchev–Trinajstić information content (AvgIpc) is 3.02. The van der Waals surface area contributed by atoms with Crippen molar-refractivity contribution in [3.05, 3.63) is 95.3 Å². The van der Waals surface area contributed by atoms with Crippen LogP contribution in [0.15, 0.2) is 72.8 Å². The minimum atomic E-state index is -0.953. The van der Waals surface area contributed by atoms with Crippen LogP contribution < -0.4 is 10.2 Å². The number of halogens is 1. The summed E-state index contributed by atoms with van der Waals surface area (Å²) in [5.41, 5.74) is 2.81. The van der Waals surface area contributed by atoms with E-state index in [-0.39, 0.29) is 49.7 Å². The van der Waals surface area contributed by atoms with E-state index < -0.39 is 30.1 Å². The number of hydrazine groups is 1. The van der Waals surface area contributed by atoms with Gasteiger partial charge in [0.2, 0.25) is 11.8 Å². The van der Waals surface area contributed by atoms with E-state index in [1.54, 1.807) is 48.1 Å². The number of benzene rings is 3. The van der Waals surface area contributed by atoms with Gasteiger partial charge >= 0.3 is 6.03 Å². The van der Waals surface area contributed by atoms with E-state index >= 15 is 4.39 Å². The Balaban J connectivity index is 1.52. The zero-order chi connectivity index (χ0) is 32.4. The van der Waals surface area contributed by atoms with Crippen molar-refractivity contribution in [2.75, 3.05) is 32.1 Å². The number of nitrogens with one attached hydrogen (secondary N) is 1. The van der Waals surface area contributed by atoms with E-state index in [1.807, 2.05) is 56.1 Å². The highest BCUT2D eigenvalue weighted by Crippen LogP contribution is 2.35. The van der Waals surface area contributed by atoms with Crippen molar-refractivity contribution < 1.29 is 23.9 Å². The van der Waals surface area contributed by atoms with Gasteiger partial charge in [0.15, 0.2) is 0 Å². The van der Waals surface area contributed by atoms with Crippen LogP contribution in [0.2, 0.25) is 0 Å². The van der Waals surface area contributed by atoms with Crippen molar-refractivity contribution in [2.24, 2.45) is 0 Å². The Morgan fingerprint density at radius 2 is 1.71 bits per heavy atom. The van der Waals surface area contributed by atoms with Crippen LogP contribution in [0.4, 0.5) is 14.9 Å². The van der Waals surface area contributed by atoms with Crippen molar-refractivity contribution in [3.63, 3.8) is 0 Å². The molecule has 238 valence electrons. The smallest absolute Gasteiger partial charge is 0.334 e. The normalized spacial score (nSPS) is 19.5. The standard InChI is InChI=1S/C34H41FN6O4/c1-22(2)38(5)26-13-16-29(35)28(18-26)23(3)39-20-31-40(30(33(39)44)17-24-11-14-27(42)15-12-24)32(43)21-37(4)41(31)34(45)36-19-25-9-7-6-8-10-25/h6-16,18,22-23,30-31,42H,17,19-21H2,1-5H3,(H,36,45)/t23-,30+,31+/m1/s1. The first-order chi connectivity index (χ1) is 21.5. The Morgan fingerprint density at radius 1 is 1.02 bits per heavy atom. The van der Waals surface area contributed by atoms with Gasteiger partial charge in [0.25, 0.3) is 0 Å². The molecule has 5 rings (SSSR count). The number of piperazine rings is 1. The van der Waals surface area contributed by atoms with Crippen molar-refractivity contribution >= 4 is 23.5 Å². The fraction of sp³-hybridized carbons (Fsp3) is 0.382. The topological polar surface area (TPSA) is 99.7 Å². The summed E-state index contributed by atoms with van der Waals surface area (Å²) in [6, 6.07) is 19.0. The number of phenols is 1. The third-order valence-corrected chi connectivity index (χ3v) is 8.83. The van der Waals surface area contributed by atoms with Gasteiger partial charge in [-0.15, -0.1) is 0 Å². The summed E-state index contributed by atoms with van der Waals surface area (Å²) in [7, 11) is 3.60. The summed E-state index contributed by atoms with van der Waals surface area (Å²) in [6.07, 6.45) is -0.675. The molecule has 0 aromatic heterocycles. The number of anilines is 1. The molecule has 4 amide bonds. The summed E-state index contributed by atoms with van der Waals surface area (Å²) in [5, 5.41) is 15.8. The van der Waals surface area contributed by atoms with Crippen LogP contribution in [0.1, 0.15) is 43.5 Å². The van der Waals surface area contributed by atoms with Crippen molar-refractivity contribution in [1.29, 1.82) is 0 Å². The molecule has 0 spiro atoms. The van der Waals surface area contributed by atoms with Crippen LogP contribution in [0.3, 0.4) is 0 Å². The Labute approximate surface area is 263 Å². The quantitative estimate of drug-likeness (QED) is 0.395. The highest BCUT2D eigenvalue weighted by atomic mass is 19.1. The van der Waals surface area contributed by atoms with Crippen molar-refractivity contribution in [1.82, 2.24) is 25.1 Å². The molecule has 2 fully saturated rings. The molecule has 0 saturated carbocycles. The second-order valence-electron chi connectivity index (χ2n) is 12.0. The van der Waals surface area contributed by atoms with Crippen molar-refractivity contribution in [2.45, 2.75) is 58.0 Å². The van der Waals surface area contributed by atoms with Gasteiger partial charge in [-0.25, -0.2) is 19.2 Å². The summed E-state index contributed by atoms with van der Waals surface area (Å²) < 4.78 is 15.4. The molecule has 2 saturated heterocycles. The number of amides is 4.